The van der Waals surface area contributed by atoms with Crippen molar-refractivity contribution in [3.63, 3.8) is 0 Å². The van der Waals surface area contributed by atoms with Gasteiger partial charge in [-0.2, -0.15) is 0 Å². The number of nitrogens with zero attached hydrogens (tertiary/aromatic N) is 2. The Morgan fingerprint density at radius 3 is 2.48 bits per heavy atom. The standard InChI is InChI=1S/C16H18N2O3/c1-17-11-13(12-5-3-2-4-6-12)14(15(17)16(19)20)18-7-9-21-10-8-18/h2-6,11H,7-10H2,1H3,(H,19,20). The van der Waals surface area contributed by atoms with Crippen LogP contribution in [-0.4, -0.2) is 41.9 Å². The van der Waals surface area contributed by atoms with Crippen molar-refractivity contribution in [3.05, 3.63) is 42.2 Å². The predicted octanol–water partition coefficient (Wildman–Crippen LogP) is 2.23. The summed E-state index contributed by atoms with van der Waals surface area (Å²) in [4.78, 5) is 13.8. The summed E-state index contributed by atoms with van der Waals surface area (Å²) in [7, 11) is 1.78. The van der Waals surface area contributed by atoms with Gasteiger partial charge in [0.15, 0.2) is 5.69 Å². The maximum absolute atomic E-state index is 11.7. The first-order valence-electron chi connectivity index (χ1n) is 6.99. The fraction of sp³-hybridized carbons (Fsp3) is 0.312. The first kappa shape index (κ1) is 13.7. The molecule has 2 heterocycles. The number of aromatic nitrogens is 1. The van der Waals surface area contributed by atoms with Gasteiger partial charge < -0.3 is 19.3 Å². The molecule has 0 aliphatic carbocycles. The quantitative estimate of drug-likeness (QED) is 0.940. The number of anilines is 1. The number of ether oxygens (including phenoxy) is 1. The first-order valence-corrected chi connectivity index (χ1v) is 6.99. The van der Waals surface area contributed by atoms with Gasteiger partial charge in [0.05, 0.1) is 18.9 Å². The third-order valence-corrected chi connectivity index (χ3v) is 3.77. The molecule has 0 bridgehead atoms. The molecule has 1 aliphatic rings. The number of benzene rings is 1. The molecule has 1 aromatic carbocycles. The highest BCUT2D eigenvalue weighted by molar-refractivity contribution is 5.98. The highest BCUT2D eigenvalue weighted by Crippen LogP contribution is 2.36. The molecular formula is C16H18N2O3. The van der Waals surface area contributed by atoms with Crippen LogP contribution in [0.4, 0.5) is 5.69 Å². The van der Waals surface area contributed by atoms with E-state index in [2.05, 4.69) is 4.90 Å². The molecule has 0 unspecified atom stereocenters. The van der Waals surface area contributed by atoms with E-state index in [9.17, 15) is 9.90 Å². The van der Waals surface area contributed by atoms with E-state index in [1.165, 1.54) is 0 Å². The number of rotatable bonds is 3. The molecule has 0 atom stereocenters. The Labute approximate surface area is 123 Å². The van der Waals surface area contributed by atoms with E-state index >= 15 is 0 Å². The molecule has 1 aromatic heterocycles. The summed E-state index contributed by atoms with van der Waals surface area (Å²) in [5, 5.41) is 9.56. The molecule has 0 amide bonds. The lowest BCUT2D eigenvalue weighted by Gasteiger charge is -2.29. The summed E-state index contributed by atoms with van der Waals surface area (Å²) < 4.78 is 7.07. The molecule has 0 radical (unpaired) electrons. The first-order chi connectivity index (χ1) is 10.2. The van der Waals surface area contributed by atoms with Crippen LogP contribution in [0.3, 0.4) is 0 Å². The van der Waals surface area contributed by atoms with Crippen LogP contribution >= 0.6 is 0 Å². The third kappa shape index (κ3) is 2.52. The Morgan fingerprint density at radius 1 is 1.19 bits per heavy atom. The molecule has 1 aliphatic heterocycles. The fourth-order valence-corrected chi connectivity index (χ4v) is 2.80. The zero-order valence-electron chi connectivity index (χ0n) is 12.0. The summed E-state index contributed by atoms with van der Waals surface area (Å²) in [6.45, 7) is 2.68. The van der Waals surface area contributed by atoms with Crippen LogP contribution in [0.5, 0.6) is 0 Å². The predicted molar refractivity (Wildman–Crippen MR) is 80.8 cm³/mol. The molecule has 1 saturated heterocycles. The lowest BCUT2D eigenvalue weighted by molar-refractivity contribution is 0.0686. The normalized spacial score (nSPS) is 15.2. The van der Waals surface area contributed by atoms with Crippen LogP contribution in [0, 0.1) is 0 Å². The summed E-state index contributed by atoms with van der Waals surface area (Å²) in [5.74, 6) is -0.902. The van der Waals surface area contributed by atoms with Crippen molar-refractivity contribution in [1.82, 2.24) is 4.57 Å². The summed E-state index contributed by atoms with van der Waals surface area (Å²) in [6.07, 6.45) is 1.89. The van der Waals surface area contributed by atoms with Crippen LogP contribution in [0.25, 0.3) is 11.1 Å². The highest BCUT2D eigenvalue weighted by atomic mass is 16.5. The molecule has 0 spiro atoms. The molecule has 5 heteroatoms. The lowest BCUT2D eigenvalue weighted by atomic mass is 10.1. The number of aryl methyl sites for hydroxylation is 1. The zero-order chi connectivity index (χ0) is 14.8. The number of carboxylic acids is 1. The van der Waals surface area contributed by atoms with Gasteiger partial charge in [0.1, 0.15) is 0 Å². The molecule has 3 rings (SSSR count). The van der Waals surface area contributed by atoms with Crippen molar-refractivity contribution in [2.45, 2.75) is 0 Å². The maximum atomic E-state index is 11.7. The minimum atomic E-state index is -0.902. The maximum Gasteiger partial charge on any atom is 0.354 e. The number of carbonyl (C=O) groups is 1. The van der Waals surface area contributed by atoms with Gasteiger partial charge in [-0.15, -0.1) is 0 Å². The second kappa shape index (κ2) is 5.61. The zero-order valence-corrected chi connectivity index (χ0v) is 12.0. The largest absolute Gasteiger partial charge is 0.477 e. The number of hydrogen-bond acceptors (Lipinski definition) is 3. The van der Waals surface area contributed by atoms with Crippen LogP contribution in [0.1, 0.15) is 10.5 Å². The van der Waals surface area contributed by atoms with Crippen LogP contribution in [0.15, 0.2) is 36.5 Å². The fourth-order valence-electron chi connectivity index (χ4n) is 2.80. The van der Waals surface area contributed by atoms with Gasteiger partial charge in [-0.05, 0) is 5.56 Å². The van der Waals surface area contributed by atoms with E-state index in [4.69, 9.17) is 4.74 Å². The van der Waals surface area contributed by atoms with Gasteiger partial charge in [0.25, 0.3) is 0 Å². The van der Waals surface area contributed by atoms with Crippen LogP contribution < -0.4 is 4.90 Å². The second-order valence-corrected chi connectivity index (χ2v) is 5.12. The van der Waals surface area contributed by atoms with E-state index < -0.39 is 5.97 Å². The number of morpholine rings is 1. The molecule has 0 saturated carbocycles. The van der Waals surface area contributed by atoms with Crippen LogP contribution in [0.2, 0.25) is 0 Å². The van der Waals surface area contributed by atoms with Crippen molar-refractivity contribution in [2.75, 3.05) is 31.2 Å². The second-order valence-electron chi connectivity index (χ2n) is 5.12. The van der Waals surface area contributed by atoms with E-state index in [0.717, 1.165) is 16.8 Å². The third-order valence-electron chi connectivity index (χ3n) is 3.77. The van der Waals surface area contributed by atoms with Gasteiger partial charge in [0, 0.05) is 31.9 Å². The van der Waals surface area contributed by atoms with Gasteiger partial charge in [-0.25, -0.2) is 4.79 Å². The molecule has 1 N–H and O–H groups in total. The number of aromatic carboxylic acids is 1. The Morgan fingerprint density at radius 2 is 1.86 bits per heavy atom. The monoisotopic (exact) mass is 286 g/mol. The summed E-state index contributed by atoms with van der Waals surface area (Å²) in [6, 6.07) is 9.90. The van der Waals surface area contributed by atoms with Gasteiger partial charge in [-0.1, -0.05) is 30.3 Å². The van der Waals surface area contributed by atoms with Crippen molar-refractivity contribution in [2.24, 2.45) is 7.05 Å². The minimum Gasteiger partial charge on any atom is -0.477 e. The Kier molecular flexibility index (Phi) is 3.66. The van der Waals surface area contributed by atoms with Crippen LogP contribution in [-0.2, 0) is 11.8 Å². The van der Waals surface area contributed by atoms with Gasteiger partial charge in [0.2, 0.25) is 0 Å². The minimum absolute atomic E-state index is 0.329. The average Bonchev–Trinajstić information content (AvgIpc) is 2.86. The van der Waals surface area contributed by atoms with Crippen molar-refractivity contribution in [1.29, 1.82) is 0 Å². The summed E-state index contributed by atoms with van der Waals surface area (Å²) >= 11 is 0. The molecular weight excluding hydrogens is 268 g/mol. The SMILES string of the molecule is Cn1cc(-c2ccccc2)c(N2CCOCC2)c1C(=O)O. The molecule has 110 valence electrons. The molecule has 1 fully saturated rings. The van der Waals surface area contributed by atoms with Gasteiger partial charge in [-0.3, -0.25) is 0 Å². The number of carboxylic acid groups (broad SMARTS) is 1. The Balaban J connectivity index is 2.15. The van der Waals surface area contributed by atoms with Crippen molar-refractivity contribution in [3.8, 4) is 11.1 Å². The Hall–Kier alpha value is -2.27. The number of hydrogen-bond donors (Lipinski definition) is 1. The molecule has 2 aromatic rings. The van der Waals surface area contributed by atoms with E-state index in [0.29, 0.717) is 32.0 Å². The van der Waals surface area contributed by atoms with E-state index in [1.807, 2.05) is 36.5 Å². The topological polar surface area (TPSA) is 54.7 Å². The average molecular weight is 286 g/mol. The van der Waals surface area contributed by atoms with Gasteiger partial charge >= 0.3 is 5.97 Å². The lowest BCUT2D eigenvalue weighted by Crippen LogP contribution is -2.37. The van der Waals surface area contributed by atoms with Crippen molar-refractivity contribution < 1.29 is 14.6 Å². The highest BCUT2D eigenvalue weighted by Gasteiger charge is 2.26. The molecule has 21 heavy (non-hydrogen) atoms. The molecule has 5 nitrogen and oxygen atoms in total. The summed E-state index contributed by atoms with van der Waals surface area (Å²) in [5.41, 5.74) is 3.11. The smallest absolute Gasteiger partial charge is 0.354 e. The Bertz CT molecular complexity index is 643. The van der Waals surface area contributed by atoms with E-state index in [-0.39, 0.29) is 0 Å². The van der Waals surface area contributed by atoms with Crippen molar-refractivity contribution >= 4 is 11.7 Å². The van der Waals surface area contributed by atoms with E-state index in [1.54, 1.807) is 11.6 Å².